The van der Waals surface area contributed by atoms with Crippen LogP contribution in [0.3, 0.4) is 0 Å². The number of hydrogen-bond acceptors (Lipinski definition) is 2. The van der Waals surface area contributed by atoms with Crippen molar-refractivity contribution in [2.24, 2.45) is 0 Å². The molecule has 0 radical (unpaired) electrons. The SMILES string of the molecule is CC1(C)c2ccccc2-c2c(N(c3ccc(-c4ccccc4)cc3)c3ccc(-c4ccc(-c5ccc(-c6cccc7oc8ccccc8c67)cc5)c5c4C4c6ccccc6C5c5ccccc54)cc3)cccc21. The summed E-state index contributed by atoms with van der Waals surface area (Å²) in [6, 6.07) is 92.3. The summed E-state index contributed by atoms with van der Waals surface area (Å²) in [5, 5.41) is 2.31. The summed E-state index contributed by atoms with van der Waals surface area (Å²) < 4.78 is 6.31. The van der Waals surface area contributed by atoms with Crippen LogP contribution in [0.15, 0.2) is 253 Å². The Morgan fingerprint density at radius 1 is 0.342 bits per heavy atom. The standard InChI is InChI=1S/C71H49NO/c1-71(2)60-25-12-10-22-58(60)68-61(71)26-15-27-62(68)72(49-38-34-45(35-39-49)44-16-4-3-5-17-44)50-40-36-48(37-41-50)53-43-42-52(69-66-54-18-6-8-20-56(54)67(70(53)69)57-21-9-7-19-55(57)66)47-32-30-46(31-33-47)51-24-14-29-64-65(51)59-23-11-13-28-63(59)73-64/h3-43,66-67H,1-2H3. The quantitative estimate of drug-likeness (QED) is 0.158. The van der Waals surface area contributed by atoms with E-state index in [1.54, 1.807) is 0 Å². The first-order valence-corrected chi connectivity index (χ1v) is 25.6. The van der Waals surface area contributed by atoms with Crippen molar-refractivity contribution in [3.63, 3.8) is 0 Å². The van der Waals surface area contributed by atoms with Crippen LogP contribution in [-0.2, 0) is 5.41 Å². The summed E-state index contributed by atoms with van der Waals surface area (Å²) in [6.07, 6.45) is 0. The molecular weight excluding hydrogens is 883 g/mol. The molecule has 12 aromatic rings. The molecule has 0 N–H and O–H groups in total. The van der Waals surface area contributed by atoms with Crippen molar-refractivity contribution in [2.45, 2.75) is 31.1 Å². The van der Waals surface area contributed by atoms with Crippen molar-refractivity contribution in [3.05, 3.63) is 293 Å². The number of anilines is 3. The van der Waals surface area contributed by atoms with Gasteiger partial charge in [0.15, 0.2) is 0 Å². The highest BCUT2D eigenvalue weighted by Crippen LogP contribution is 2.60. The maximum Gasteiger partial charge on any atom is 0.136 e. The highest BCUT2D eigenvalue weighted by molar-refractivity contribution is 6.12. The molecule has 4 aliphatic carbocycles. The van der Waals surface area contributed by atoms with E-state index in [0.29, 0.717) is 0 Å². The van der Waals surface area contributed by atoms with Crippen molar-refractivity contribution in [3.8, 4) is 55.6 Å². The first-order chi connectivity index (χ1) is 36.0. The fraction of sp³-hybridized carbons (Fsp3) is 0.0704. The van der Waals surface area contributed by atoms with Gasteiger partial charge < -0.3 is 9.32 Å². The van der Waals surface area contributed by atoms with Crippen LogP contribution < -0.4 is 4.90 Å². The molecule has 1 heterocycles. The molecule has 344 valence electrons. The van der Waals surface area contributed by atoms with Gasteiger partial charge in [0.05, 0.1) is 5.69 Å². The maximum atomic E-state index is 6.31. The molecule has 0 aliphatic heterocycles. The lowest BCUT2D eigenvalue weighted by Gasteiger charge is -2.44. The third-order valence-electron chi connectivity index (χ3n) is 16.5. The Balaban J connectivity index is 0.885. The van der Waals surface area contributed by atoms with Gasteiger partial charge in [-0.25, -0.2) is 0 Å². The lowest BCUT2D eigenvalue weighted by Crippen LogP contribution is -2.28. The Bertz CT molecular complexity index is 4110. The number of hydrogen-bond donors (Lipinski definition) is 0. The van der Waals surface area contributed by atoms with Gasteiger partial charge in [0.25, 0.3) is 0 Å². The molecule has 0 atom stereocenters. The van der Waals surface area contributed by atoms with E-state index in [1.807, 2.05) is 6.07 Å². The molecule has 73 heavy (non-hydrogen) atoms. The van der Waals surface area contributed by atoms with E-state index in [-0.39, 0.29) is 17.3 Å². The summed E-state index contributed by atoms with van der Waals surface area (Å²) in [6.45, 7) is 4.73. The van der Waals surface area contributed by atoms with E-state index in [4.69, 9.17) is 4.42 Å². The van der Waals surface area contributed by atoms with Crippen LogP contribution in [0.25, 0.3) is 77.6 Å². The van der Waals surface area contributed by atoms with Gasteiger partial charge in [-0.1, -0.05) is 220 Å². The zero-order valence-electron chi connectivity index (χ0n) is 40.7. The molecule has 0 amide bonds. The topological polar surface area (TPSA) is 16.4 Å². The Kier molecular flexibility index (Phi) is 9.16. The Hall–Kier alpha value is -8.98. The summed E-state index contributed by atoms with van der Waals surface area (Å²) in [4.78, 5) is 2.47. The minimum Gasteiger partial charge on any atom is -0.456 e. The molecule has 0 saturated carbocycles. The molecule has 0 unspecified atom stereocenters. The zero-order chi connectivity index (χ0) is 48.4. The molecule has 16 rings (SSSR count). The lowest BCUT2D eigenvalue weighted by atomic mass is 9.58. The second-order valence-electron chi connectivity index (χ2n) is 20.6. The number of benzene rings is 11. The summed E-state index contributed by atoms with van der Waals surface area (Å²) >= 11 is 0. The monoisotopic (exact) mass is 931 g/mol. The fourth-order valence-electron chi connectivity index (χ4n) is 13.2. The molecule has 11 aromatic carbocycles. The largest absolute Gasteiger partial charge is 0.456 e. The zero-order valence-corrected chi connectivity index (χ0v) is 40.7. The van der Waals surface area contributed by atoms with Crippen molar-refractivity contribution in [1.29, 1.82) is 0 Å². The van der Waals surface area contributed by atoms with Gasteiger partial charge in [-0.3, -0.25) is 0 Å². The Morgan fingerprint density at radius 2 is 0.795 bits per heavy atom. The van der Waals surface area contributed by atoms with Gasteiger partial charge in [-0.2, -0.15) is 0 Å². The van der Waals surface area contributed by atoms with Crippen LogP contribution in [0.1, 0.15) is 70.2 Å². The van der Waals surface area contributed by atoms with Crippen molar-refractivity contribution < 1.29 is 4.42 Å². The first kappa shape index (κ1) is 41.8. The number of furan rings is 1. The van der Waals surface area contributed by atoms with Crippen LogP contribution in [0.2, 0.25) is 0 Å². The second-order valence-corrected chi connectivity index (χ2v) is 20.6. The van der Waals surface area contributed by atoms with E-state index in [0.717, 1.165) is 33.3 Å². The van der Waals surface area contributed by atoms with Crippen LogP contribution in [-0.4, -0.2) is 0 Å². The minimum absolute atomic E-state index is 0.100. The highest BCUT2D eigenvalue weighted by atomic mass is 16.3. The molecule has 2 nitrogen and oxygen atoms in total. The van der Waals surface area contributed by atoms with Crippen molar-refractivity contribution in [2.75, 3.05) is 4.90 Å². The van der Waals surface area contributed by atoms with Crippen molar-refractivity contribution in [1.82, 2.24) is 0 Å². The van der Waals surface area contributed by atoms with Gasteiger partial charge >= 0.3 is 0 Å². The van der Waals surface area contributed by atoms with E-state index in [2.05, 4.69) is 261 Å². The van der Waals surface area contributed by atoms with Gasteiger partial charge in [0.2, 0.25) is 0 Å². The second kappa shape index (κ2) is 16.0. The molecule has 2 bridgehead atoms. The third-order valence-corrected chi connectivity index (χ3v) is 16.5. The van der Waals surface area contributed by atoms with E-state index >= 15 is 0 Å². The summed E-state index contributed by atoms with van der Waals surface area (Å²) in [7, 11) is 0. The number of para-hydroxylation sites is 1. The normalized spacial score (nSPS) is 15.4. The van der Waals surface area contributed by atoms with E-state index in [9.17, 15) is 0 Å². The van der Waals surface area contributed by atoms with Crippen molar-refractivity contribution >= 4 is 39.0 Å². The Morgan fingerprint density at radius 3 is 1.42 bits per heavy atom. The smallest absolute Gasteiger partial charge is 0.136 e. The number of nitrogens with zero attached hydrogens (tertiary/aromatic N) is 1. The first-order valence-electron chi connectivity index (χ1n) is 25.6. The van der Waals surface area contributed by atoms with Gasteiger partial charge in [0.1, 0.15) is 11.2 Å². The molecule has 2 heteroatoms. The molecule has 1 aromatic heterocycles. The van der Waals surface area contributed by atoms with Crippen LogP contribution in [0.4, 0.5) is 17.1 Å². The maximum absolute atomic E-state index is 6.31. The molecule has 0 saturated heterocycles. The van der Waals surface area contributed by atoms with Crippen LogP contribution in [0, 0.1) is 0 Å². The molecular formula is C71H49NO. The average Bonchev–Trinajstić information content (AvgIpc) is 3.98. The summed E-state index contributed by atoms with van der Waals surface area (Å²) in [5.41, 5.74) is 28.8. The lowest BCUT2D eigenvalue weighted by molar-refractivity contribution is 0.660. The van der Waals surface area contributed by atoms with Gasteiger partial charge in [-0.05, 0) is 137 Å². The average molecular weight is 932 g/mol. The fourth-order valence-corrected chi connectivity index (χ4v) is 13.2. The predicted molar refractivity (Wildman–Crippen MR) is 302 cm³/mol. The van der Waals surface area contributed by atoms with Crippen LogP contribution >= 0.6 is 0 Å². The number of fused-ring (bicyclic) bond motifs is 6. The van der Waals surface area contributed by atoms with E-state index < -0.39 is 0 Å². The minimum atomic E-state index is -0.122. The number of rotatable bonds is 7. The highest BCUT2D eigenvalue weighted by Gasteiger charge is 2.44. The van der Waals surface area contributed by atoms with Gasteiger partial charge in [-0.15, -0.1) is 0 Å². The van der Waals surface area contributed by atoms with E-state index in [1.165, 1.54) is 106 Å². The third kappa shape index (κ3) is 6.23. The molecule has 4 aliphatic rings. The van der Waals surface area contributed by atoms with Gasteiger partial charge in [0, 0.05) is 45.0 Å². The Labute approximate surface area is 426 Å². The summed E-state index contributed by atoms with van der Waals surface area (Å²) in [5.74, 6) is 0.206. The molecule has 0 fully saturated rings. The predicted octanol–water partition coefficient (Wildman–Crippen LogP) is 19.0. The molecule has 0 spiro atoms. The van der Waals surface area contributed by atoms with Crippen LogP contribution in [0.5, 0.6) is 0 Å².